The molecule has 1 N–H and O–H groups in total. The second-order valence-electron chi connectivity index (χ2n) is 6.00. The summed E-state index contributed by atoms with van der Waals surface area (Å²) in [6, 6.07) is 16.4. The van der Waals surface area contributed by atoms with Gasteiger partial charge in [0.2, 0.25) is 5.91 Å². The van der Waals surface area contributed by atoms with Crippen molar-refractivity contribution in [3.63, 3.8) is 0 Å². The first kappa shape index (κ1) is 17.1. The Balaban J connectivity index is 1.37. The van der Waals surface area contributed by atoms with Crippen LogP contribution in [0.4, 0.5) is 5.00 Å². The number of benzene rings is 2. The summed E-state index contributed by atoms with van der Waals surface area (Å²) in [6.07, 6.45) is 1.64. The van der Waals surface area contributed by atoms with Crippen molar-refractivity contribution in [2.24, 2.45) is 0 Å². The molecule has 2 aromatic carbocycles. The molecular weight excluding hydrogens is 362 g/mol. The highest BCUT2D eigenvalue weighted by Crippen LogP contribution is 2.28. The lowest BCUT2D eigenvalue weighted by Gasteiger charge is -2.13. The molecule has 1 aliphatic heterocycles. The van der Waals surface area contributed by atoms with Crippen LogP contribution >= 0.6 is 11.3 Å². The molecule has 7 heteroatoms. The van der Waals surface area contributed by atoms with Crippen LogP contribution in [0.2, 0.25) is 0 Å². The molecule has 0 bridgehead atoms. The molecule has 1 aliphatic rings. The highest BCUT2D eigenvalue weighted by atomic mass is 32.1. The van der Waals surface area contributed by atoms with E-state index in [4.69, 9.17) is 0 Å². The Morgan fingerprint density at radius 3 is 2.26 bits per heavy atom. The molecule has 3 amide bonds. The Hall–Kier alpha value is -3.32. The van der Waals surface area contributed by atoms with E-state index in [0.717, 1.165) is 15.5 Å². The Morgan fingerprint density at radius 1 is 0.963 bits per heavy atom. The molecule has 27 heavy (non-hydrogen) atoms. The summed E-state index contributed by atoms with van der Waals surface area (Å²) in [5.41, 5.74) is 1.75. The van der Waals surface area contributed by atoms with E-state index in [1.165, 1.54) is 11.3 Å². The Bertz CT molecular complexity index is 995. The van der Waals surface area contributed by atoms with Gasteiger partial charge >= 0.3 is 0 Å². The number of amides is 3. The summed E-state index contributed by atoms with van der Waals surface area (Å²) >= 11 is 1.37. The molecule has 4 rings (SSSR count). The molecule has 3 aromatic rings. The van der Waals surface area contributed by atoms with Gasteiger partial charge in [-0.05, 0) is 12.1 Å². The fourth-order valence-corrected chi connectivity index (χ4v) is 3.74. The van der Waals surface area contributed by atoms with Gasteiger partial charge in [-0.2, -0.15) is 0 Å². The van der Waals surface area contributed by atoms with Crippen LogP contribution in [0.1, 0.15) is 27.1 Å². The topological polar surface area (TPSA) is 79.4 Å². The molecular formula is C20H15N3O3S. The van der Waals surface area contributed by atoms with E-state index in [0.29, 0.717) is 16.1 Å². The largest absolute Gasteiger partial charge is 0.316 e. The number of nitrogens with one attached hydrogen (secondary N) is 1. The van der Waals surface area contributed by atoms with E-state index >= 15 is 0 Å². The molecule has 1 aromatic heterocycles. The second-order valence-corrected chi connectivity index (χ2v) is 7.03. The lowest BCUT2D eigenvalue weighted by Crippen LogP contribution is -2.32. The van der Waals surface area contributed by atoms with Crippen molar-refractivity contribution in [2.75, 3.05) is 11.9 Å². The van der Waals surface area contributed by atoms with Crippen LogP contribution in [0.25, 0.3) is 10.6 Å². The molecule has 0 atom stereocenters. The SMILES string of the molecule is O=C(CCN1C(=O)c2ccccc2C1=O)Nc1cnc(-c2ccccc2)s1. The fraction of sp³-hybridized carbons (Fsp3) is 0.100. The number of anilines is 1. The zero-order chi connectivity index (χ0) is 18.8. The van der Waals surface area contributed by atoms with E-state index < -0.39 is 0 Å². The van der Waals surface area contributed by atoms with Crippen LogP contribution in [0.5, 0.6) is 0 Å². The summed E-state index contributed by atoms with van der Waals surface area (Å²) in [5.74, 6) is -0.977. The zero-order valence-corrected chi connectivity index (χ0v) is 15.0. The molecule has 2 heterocycles. The molecule has 0 saturated carbocycles. The number of rotatable bonds is 5. The molecule has 0 spiro atoms. The normalized spacial score (nSPS) is 13.0. The summed E-state index contributed by atoms with van der Waals surface area (Å²) < 4.78 is 0. The maximum absolute atomic E-state index is 12.3. The molecule has 0 unspecified atom stereocenters. The van der Waals surface area contributed by atoms with E-state index in [1.807, 2.05) is 30.3 Å². The first-order chi connectivity index (χ1) is 13.1. The maximum atomic E-state index is 12.3. The van der Waals surface area contributed by atoms with E-state index in [-0.39, 0.29) is 30.7 Å². The Labute approximate surface area is 159 Å². The van der Waals surface area contributed by atoms with E-state index in [9.17, 15) is 14.4 Å². The number of hydrogen-bond acceptors (Lipinski definition) is 5. The van der Waals surface area contributed by atoms with Crippen LogP contribution in [-0.2, 0) is 4.79 Å². The third-order valence-corrected chi connectivity index (χ3v) is 5.19. The number of carbonyl (C=O) groups excluding carboxylic acids is 3. The number of carbonyl (C=O) groups is 3. The summed E-state index contributed by atoms with van der Waals surface area (Å²) in [6.45, 7) is 0.0442. The van der Waals surface area contributed by atoms with Gasteiger partial charge in [-0.1, -0.05) is 53.8 Å². The van der Waals surface area contributed by atoms with Crippen molar-refractivity contribution in [1.82, 2.24) is 9.88 Å². The first-order valence-electron chi connectivity index (χ1n) is 8.40. The Kier molecular flexibility index (Phi) is 4.52. The highest BCUT2D eigenvalue weighted by Gasteiger charge is 2.34. The number of nitrogens with zero attached hydrogens (tertiary/aromatic N) is 2. The lowest BCUT2D eigenvalue weighted by molar-refractivity contribution is -0.116. The van der Waals surface area contributed by atoms with Crippen LogP contribution in [0.3, 0.4) is 0 Å². The van der Waals surface area contributed by atoms with E-state index in [2.05, 4.69) is 10.3 Å². The molecule has 134 valence electrons. The van der Waals surface area contributed by atoms with Crippen molar-refractivity contribution in [1.29, 1.82) is 0 Å². The van der Waals surface area contributed by atoms with Gasteiger partial charge in [0, 0.05) is 18.5 Å². The summed E-state index contributed by atoms with van der Waals surface area (Å²) in [5, 5.41) is 4.21. The smallest absolute Gasteiger partial charge is 0.261 e. The highest BCUT2D eigenvalue weighted by molar-refractivity contribution is 7.19. The van der Waals surface area contributed by atoms with Crippen LogP contribution in [-0.4, -0.2) is 34.2 Å². The predicted octanol–water partition coefficient (Wildman–Crippen LogP) is 3.43. The van der Waals surface area contributed by atoms with Gasteiger partial charge in [-0.15, -0.1) is 0 Å². The minimum absolute atomic E-state index is 0.0318. The zero-order valence-electron chi connectivity index (χ0n) is 14.2. The van der Waals surface area contributed by atoms with Crippen molar-refractivity contribution < 1.29 is 14.4 Å². The predicted molar refractivity (Wildman–Crippen MR) is 103 cm³/mol. The van der Waals surface area contributed by atoms with Crippen molar-refractivity contribution in [3.05, 3.63) is 71.9 Å². The van der Waals surface area contributed by atoms with Crippen molar-refractivity contribution >= 4 is 34.1 Å². The van der Waals surface area contributed by atoms with Gasteiger partial charge in [0.05, 0.1) is 17.3 Å². The minimum atomic E-state index is -0.354. The Morgan fingerprint density at radius 2 is 1.59 bits per heavy atom. The number of thiazole rings is 1. The summed E-state index contributed by atoms with van der Waals surface area (Å²) in [7, 11) is 0. The van der Waals surface area contributed by atoms with Crippen molar-refractivity contribution in [2.45, 2.75) is 6.42 Å². The molecule has 0 aliphatic carbocycles. The van der Waals surface area contributed by atoms with Gasteiger partial charge in [0.15, 0.2) is 0 Å². The van der Waals surface area contributed by atoms with Gasteiger partial charge in [0.25, 0.3) is 11.8 Å². The van der Waals surface area contributed by atoms with Crippen LogP contribution in [0.15, 0.2) is 60.8 Å². The fourth-order valence-electron chi connectivity index (χ4n) is 2.90. The van der Waals surface area contributed by atoms with Gasteiger partial charge in [0.1, 0.15) is 10.0 Å². The molecule has 0 fully saturated rings. The lowest BCUT2D eigenvalue weighted by atomic mass is 10.1. The average Bonchev–Trinajstić information content (AvgIpc) is 3.25. The second kappa shape index (κ2) is 7.13. The van der Waals surface area contributed by atoms with Crippen LogP contribution in [0, 0.1) is 0 Å². The molecule has 0 radical (unpaired) electrons. The number of aromatic nitrogens is 1. The van der Waals surface area contributed by atoms with Crippen molar-refractivity contribution in [3.8, 4) is 10.6 Å². The first-order valence-corrected chi connectivity index (χ1v) is 9.21. The van der Waals surface area contributed by atoms with Gasteiger partial charge in [-0.3, -0.25) is 19.3 Å². The van der Waals surface area contributed by atoms with Gasteiger partial charge < -0.3 is 5.32 Å². The third-order valence-electron chi connectivity index (χ3n) is 4.23. The molecule has 0 saturated heterocycles. The summed E-state index contributed by atoms with van der Waals surface area (Å²) in [4.78, 5) is 42.3. The average molecular weight is 377 g/mol. The standard InChI is InChI=1S/C20H15N3O3S/c24-16(22-17-12-21-18(27-17)13-6-2-1-3-7-13)10-11-23-19(25)14-8-4-5-9-15(14)20(23)26/h1-9,12H,10-11H2,(H,22,24). The minimum Gasteiger partial charge on any atom is -0.316 e. The number of hydrogen-bond donors (Lipinski definition) is 1. The van der Waals surface area contributed by atoms with E-state index in [1.54, 1.807) is 30.5 Å². The maximum Gasteiger partial charge on any atom is 0.261 e. The third kappa shape index (κ3) is 3.37. The van der Waals surface area contributed by atoms with Gasteiger partial charge in [-0.25, -0.2) is 4.98 Å². The van der Waals surface area contributed by atoms with Crippen LogP contribution < -0.4 is 5.32 Å². The quantitative estimate of drug-likeness (QED) is 0.691. The molecule has 6 nitrogen and oxygen atoms in total. The number of fused-ring (bicyclic) bond motifs is 1. The monoisotopic (exact) mass is 377 g/mol. The number of imide groups is 1.